The highest BCUT2D eigenvalue weighted by molar-refractivity contribution is 5.91. The molecule has 2 N–H and O–H groups in total. The van der Waals surface area contributed by atoms with Gasteiger partial charge in [0.15, 0.2) is 0 Å². The molecule has 27 heavy (non-hydrogen) atoms. The number of carbonyl (C=O) groups excluding carboxylic acids is 1. The van der Waals surface area contributed by atoms with Gasteiger partial charge in [0.1, 0.15) is 17.8 Å². The zero-order chi connectivity index (χ0) is 19.2. The van der Waals surface area contributed by atoms with Crippen LogP contribution in [0.1, 0.15) is 44.6 Å². The maximum atomic E-state index is 13.6. The fraction of sp³-hybridized carbons (Fsp3) is 0.526. The molecule has 1 amide bonds. The molecule has 2 aromatic heterocycles. The zero-order valence-electron chi connectivity index (χ0n) is 15.4. The molecule has 3 atom stereocenters. The summed E-state index contributed by atoms with van der Waals surface area (Å²) in [5.74, 6) is -2.89. The Kier molecular flexibility index (Phi) is 4.36. The number of nitrogens with zero attached hydrogens (tertiary/aromatic N) is 3. The predicted octanol–water partition coefficient (Wildman–Crippen LogP) is 3.45. The van der Waals surface area contributed by atoms with Gasteiger partial charge in [0.25, 0.3) is 5.92 Å². The van der Waals surface area contributed by atoms with Gasteiger partial charge in [-0.05, 0) is 38.3 Å². The Morgan fingerprint density at radius 3 is 2.89 bits per heavy atom. The number of alkyl halides is 2. The smallest absolute Gasteiger partial charge is 0.256 e. The summed E-state index contributed by atoms with van der Waals surface area (Å²) in [6.07, 6.45) is 7.95. The number of allylic oxidation sites excluding steroid dienone is 1. The lowest BCUT2D eigenvalue weighted by atomic mass is 9.99. The largest absolute Gasteiger partial charge is 0.365 e. The number of halogens is 2. The Bertz CT molecular complexity index is 893. The average Bonchev–Trinajstić information content (AvgIpc) is 3.06. The van der Waals surface area contributed by atoms with Crippen molar-refractivity contribution in [3.8, 4) is 0 Å². The zero-order valence-corrected chi connectivity index (χ0v) is 15.4. The lowest BCUT2D eigenvalue weighted by Crippen LogP contribution is -2.49. The average molecular weight is 375 g/mol. The molecule has 4 rings (SSSR count). The number of amides is 1. The van der Waals surface area contributed by atoms with E-state index in [1.165, 1.54) is 6.33 Å². The maximum Gasteiger partial charge on any atom is 0.256 e. The highest BCUT2D eigenvalue weighted by Crippen LogP contribution is 2.57. The van der Waals surface area contributed by atoms with Crippen molar-refractivity contribution >= 4 is 22.8 Å². The number of anilines is 1. The van der Waals surface area contributed by atoms with Crippen LogP contribution < -0.4 is 5.32 Å². The van der Waals surface area contributed by atoms with Crippen LogP contribution in [0.5, 0.6) is 0 Å². The van der Waals surface area contributed by atoms with Crippen molar-refractivity contribution in [2.45, 2.75) is 57.0 Å². The third-order valence-corrected chi connectivity index (χ3v) is 5.52. The summed E-state index contributed by atoms with van der Waals surface area (Å²) in [5, 5.41) is 4.00. The molecule has 2 aromatic rings. The highest BCUT2D eigenvalue weighted by Gasteiger charge is 2.58. The van der Waals surface area contributed by atoms with Crippen molar-refractivity contribution in [2.75, 3.05) is 11.9 Å². The van der Waals surface area contributed by atoms with Gasteiger partial charge in [-0.3, -0.25) is 4.79 Å². The number of aromatic nitrogens is 3. The van der Waals surface area contributed by atoms with Gasteiger partial charge in [-0.15, -0.1) is 0 Å². The fourth-order valence-corrected chi connectivity index (χ4v) is 3.89. The molecule has 0 unspecified atom stereocenters. The molecule has 1 saturated heterocycles. The Morgan fingerprint density at radius 1 is 1.41 bits per heavy atom. The van der Waals surface area contributed by atoms with E-state index in [4.69, 9.17) is 0 Å². The van der Waals surface area contributed by atoms with Gasteiger partial charge in [0.05, 0.1) is 11.3 Å². The summed E-state index contributed by atoms with van der Waals surface area (Å²) in [6, 6.07) is 0.182. The summed E-state index contributed by atoms with van der Waals surface area (Å²) in [5.41, 5.74) is 1.11. The monoisotopic (exact) mass is 375 g/mol. The number of hydrogen-bond acceptors (Lipinski definition) is 4. The first-order chi connectivity index (χ1) is 12.9. The van der Waals surface area contributed by atoms with Gasteiger partial charge >= 0.3 is 0 Å². The van der Waals surface area contributed by atoms with Crippen LogP contribution in [-0.2, 0) is 4.79 Å². The van der Waals surface area contributed by atoms with E-state index >= 15 is 0 Å². The molecule has 1 aliphatic heterocycles. The molecule has 1 aliphatic carbocycles. The van der Waals surface area contributed by atoms with E-state index in [2.05, 4.69) is 20.3 Å². The second-order valence-electron chi connectivity index (χ2n) is 7.47. The molecule has 0 spiro atoms. The van der Waals surface area contributed by atoms with Crippen molar-refractivity contribution in [1.29, 1.82) is 0 Å². The lowest BCUT2D eigenvalue weighted by Gasteiger charge is -2.38. The fourth-order valence-electron chi connectivity index (χ4n) is 3.89. The molecule has 6 nitrogen and oxygen atoms in total. The van der Waals surface area contributed by atoms with Crippen LogP contribution in [0.25, 0.3) is 11.0 Å². The summed E-state index contributed by atoms with van der Waals surface area (Å²) >= 11 is 0. The van der Waals surface area contributed by atoms with E-state index in [1.54, 1.807) is 18.3 Å². The highest BCUT2D eigenvalue weighted by atomic mass is 19.3. The minimum atomic E-state index is -2.65. The summed E-state index contributed by atoms with van der Waals surface area (Å²) in [6.45, 7) is 4.41. The van der Waals surface area contributed by atoms with Crippen molar-refractivity contribution in [3.63, 3.8) is 0 Å². The molecule has 0 radical (unpaired) electrons. The Balaban J connectivity index is 1.58. The molecule has 3 heterocycles. The van der Waals surface area contributed by atoms with Crippen molar-refractivity contribution in [3.05, 3.63) is 30.2 Å². The third kappa shape index (κ3) is 3.28. The normalized spacial score (nSPS) is 27.3. The number of aromatic amines is 1. The van der Waals surface area contributed by atoms with Gasteiger partial charge in [0, 0.05) is 31.2 Å². The number of H-pyrrole nitrogens is 1. The Morgan fingerprint density at radius 2 is 2.19 bits per heavy atom. The molecule has 2 fully saturated rings. The van der Waals surface area contributed by atoms with Crippen LogP contribution >= 0.6 is 0 Å². The maximum absolute atomic E-state index is 13.6. The molecular formula is C19H23F2N5O. The first-order valence-electron chi connectivity index (χ1n) is 9.30. The standard InChI is InChI=1S/C19H23F2N5O/c1-3-4-15(27)26-9-12(6-5-11(26)2)25-18-16-13(14-7-19(14,20)21)8-22-17(16)23-10-24-18/h3-4,8,10-12,14H,5-7,9H2,1-2H3,(H2,22,23,24,25)/b4-3+/t11-,12+,14+/m0/s1. The lowest BCUT2D eigenvalue weighted by molar-refractivity contribution is -0.129. The summed E-state index contributed by atoms with van der Waals surface area (Å²) in [4.78, 5) is 25.6. The van der Waals surface area contributed by atoms with Crippen LogP contribution in [0, 0.1) is 0 Å². The number of likely N-dealkylation sites (tertiary alicyclic amines) is 1. The second kappa shape index (κ2) is 6.58. The number of nitrogens with one attached hydrogen (secondary N) is 2. The second-order valence-corrected chi connectivity index (χ2v) is 7.47. The van der Waals surface area contributed by atoms with Crippen LogP contribution in [0.4, 0.5) is 14.6 Å². The number of hydrogen-bond donors (Lipinski definition) is 2. The molecule has 0 bridgehead atoms. The van der Waals surface area contributed by atoms with Crippen molar-refractivity contribution in [1.82, 2.24) is 19.9 Å². The first kappa shape index (κ1) is 17.9. The van der Waals surface area contributed by atoms with Gasteiger partial charge in [-0.1, -0.05) is 6.08 Å². The van der Waals surface area contributed by atoms with Crippen LogP contribution in [0.15, 0.2) is 24.7 Å². The number of piperidine rings is 1. The predicted molar refractivity (Wildman–Crippen MR) is 98.8 cm³/mol. The molecule has 8 heteroatoms. The number of fused-ring (bicyclic) bond motifs is 1. The number of carbonyl (C=O) groups is 1. The molecule has 1 saturated carbocycles. The van der Waals surface area contributed by atoms with Gasteiger partial charge in [-0.2, -0.15) is 0 Å². The van der Waals surface area contributed by atoms with Crippen LogP contribution in [0.2, 0.25) is 0 Å². The molecule has 144 valence electrons. The van der Waals surface area contributed by atoms with E-state index in [0.717, 1.165) is 12.8 Å². The summed E-state index contributed by atoms with van der Waals surface area (Å²) < 4.78 is 27.2. The van der Waals surface area contributed by atoms with Gasteiger partial charge in [-0.25, -0.2) is 18.7 Å². The third-order valence-electron chi connectivity index (χ3n) is 5.52. The van der Waals surface area contributed by atoms with E-state index in [0.29, 0.717) is 29.0 Å². The van der Waals surface area contributed by atoms with Gasteiger partial charge in [0.2, 0.25) is 5.91 Å². The number of rotatable bonds is 4. The SMILES string of the molecule is C/C=C/C(=O)N1C[C@H](Nc2ncnc3[nH]cc([C@H]4CC4(F)F)c23)CC[C@@H]1C. The van der Waals surface area contributed by atoms with Crippen LogP contribution in [0.3, 0.4) is 0 Å². The Hall–Kier alpha value is -2.51. The Labute approximate surface area is 156 Å². The molecular weight excluding hydrogens is 352 g/mol. The van der Waals surface area contributed by atoms with E-state index in [9.17, 15) is 13.6 Å². The van der Waals surface area contributed by atoms with Gasteiger partial charge < -0.3 is 15.2 Å². The minimum Gasteiger partial charge on any atom is -0.365 e. The molecule has 0 aromatic carbocycles. The van der Waals surface area contributed by atoms with Crippen LogP contribution in [-0.4, -0.2) is 50.3 Å². The van der Waals surface area contributed by atoms with E-state index in [-0.39, 0.29) is 24.4 Å². The van der Waals surface area contributed by atoms with E-state index < -0.39 is 11.8 Å². The van der Waals surface area contributed by atoms with Crippen molar-refractivity contribution < 1.29 is 13.6 Å². The quantitative estimate of drug-likeness (QED) is 0.803. The minimum absolute atomic E-state index is 0.00992. The van der Waals surface area contributed by atoms with E-state index in [1.807, 2.05) is 18.7 Å². The van der Waals surface area contributed by atoms with Crippen molar-refractivity contribution in [2.24, 2.45) is 0 Å². The molecule has 2 aliphatic rings. The topological polar surface area (TPSA) is 73.9 Å². The summed E-state index contributed by atoms with van der Waals surface area (Å²) in [7, 11) is 0. The first-order valence-corrected chi connectivity index (χ1v) is 9.30.